The second kappa shape index (κ2) is 9.11. The van der Waals surface area contributed by atoms with E-state index < -0.39 is 27.5 Å². The van der Waals surface area contributed by atoms with Crippen molar-refractivity contribution in [3.63, 3.8) is 0 Å². The summed E-state index contributed by atoms with van der Waals surface area (Å²) in [4.78, 5) is 11.6. The van der Waals surface area contributed by atoms with Crippen LogP contribution in [0.5, 0.6) is 5.75 Å². The fourth-order valence-corrected chi connectivity index (χ4v) is 4.40. The number of sulfone groups is 1. The molecule has 0 amide bonds. The molecule has 0 aliphatic rings. The lowest BCUT2D eigenvalue weighted by Gasteiger charge is -2.14. The molecule has 0 aliphatic heterocycles. The summed E-state index contributed by atoms with van der Waals surface area (Å²) in [5, 5.41) is 10.0. The van der Waals surface area contributed by atoms with Crippen LogP contribution < -0.4 is 4.74 Å². The highest BCUT2D eigenvalue weighted by Crippen LogP contribution is 2.24. The smallest absolute Gasteiger partial charge is 0.311 e. The number of hydrogen-bond acceptors (Lipinski definition) is 4. The molecule has 0 saturated heterocycles. The van der Waals surface area contributed by atoms with E-state index in [1.807, 2.05) is 12.1 Å². The van der Waals surface area contributed by atoms with Crippen LogP contribution in [0.2, 0.25) is 5.02 Å². The van der Waals surface area contributed by atoms with Crippen molar-refractivity contribution in [1.82, 2.24) is 0 Å². The molecule has 1 N–H and O–H groups in total. The minimum atomic E-state index is -3.80. The van der Waals surface area contributed by atoms with E-state index in [4.69, 9.17) is 16.3 Å². The number of benzene rings is 3. The number of rotatable bonds is 8. The Balaban J connectivity index is 1.72. The third kappa shape index (κ3) is 5.59. The van der Waals surface area contributed by atoms with Gasteiger partial charge in [0.1, 0.15) is 18.3 Å². The summed E-state index contributed by atoms with van der Waals surface area (Å²) >= 11 is 5.89. The number of aliphatic carboxylic acids is 1. The summed E-state index contributed by atoms with van der Waals surface area (Å²) in [6.45, 7) is -0.235. The van der Waals surface area contributed by atoms with Crippen LogP contribution in [0.25, 0.3) is 11.1 Å². The predicted octanol–water partition coefficient (Wildman–Crippen LogP) is 4.56. The Kier molecular flexibility index (Phi) is 6.56. The minimum absolute atomic E-state index is 0.0705. The van der Waals surface area contributed by atoms with Crippen LogP contribution in [0.15, 0.2) is 83.8 Å². The molecule has 29 heavy (non-hydrogen) atoms. The van der Waals surface area contributed by atoms with Crippen molar-refractivity contribution >= 4 is 27.4 Å². The van der Waals surface area contributed by atoms with Gasteiger partial charge in [0.15, 0.2) is 9.84 Å². The van der Waals surface area contributed by atoms with Crippen LogP contribution in [-0.4, -0.2) is 31.9 Å². The molecular formula is C22H19ClO5S. The monoisotopic (exact) mass is 430 g/mol. The maximum absolute atomic E-state index is 12.7. The normalized spacial score (nSPS) is 12.3. The van der Waals surface area contributed by atoms with Crippen molar-refractivity contribution in [3.05, 3.63) is 83.9 Å². The second-order valence-corrected chi connectivity index (χ2v) is 8.94. The number of ether oxygens (including phenoxy) is 1. The summed E-state index contributed by atoms with van der Waals surface area (Å²) in [6.07, 6.45) is 0. The van der Waals surface area contributed by atoms with E-state index in [-0.39, 0.29) is 11.5 Å². The number of carboxylic acid groups (broad SMARTS) is 1. The summed E-state index contributed by atoms with van der Waals surface area (Å²) in [5.41, 5.74) is 1.74. The average molecular weight is 431 g/mol. The molecule has 0 heterocycles. The Morgan fingerprint density at radius 2 is 1.45 bits per heavy atom. The third-order valence-corrected chi connectivity index (χ3v) is 6.44. The summed E-state index contributed by atoms with van der Waals surface area (Å²) in [5.74, 6) is -2.46. The van der Waals surface area contributed by atoms with Crippen molar-refractivity contribution in [2.24, 2.45) is 5.92 Å². The first-order chi connectivity index (χ1) is 13.8. The van der Waals surface area contributed by atoms with Crippen molar-refractivity contribution < 1.29 is 23.1 Å². The van der Waals surface area contributed by atoms with Gasteiger partial charge >= 0.3 is 5.97 Å². The predicted molar refractivity (Wildman–Crippen MR) is 112 cm³/mol. The molecule has 0 bridgehead atoms. The Bertz CT molecular complexity index is 1060. The van der Waals surface area contributed by atoms with Crippen molar-refractivity contribution in [2.45, 2.75) is 4.90 Å². The van der Waals surface area contributed by atoms with E-state index in [0.717, 1.165) is 11.1 Å². The summed E-state index contributed by atoms with van der Waals surface area (Å²) < 4.78 is 30.9. The van der Waals surface area contributed by atoms with Gasteiger partial charge in [0, 0.05) is 5.02 Å². The van der Waals surface area contributed by atoms with E-state index in [1.165, 1.54) is 12.1 Å². The van der Waals surface area contributed by atoms with Gasteiger partial charge in [-0.2, -0.15) is 0 Å². The molecule has 1 unspecified atom stereocenters. The SMILES string of the molecule is O=C(O)C(COc1ccccc1)CS(=O)(=O)c1ccc(-c2ccc(Cl)cc2)cc1. The molecule has 3 rings (SSSR count). The largest absolute Gasteiger partial charge is 0.493 e. The van der Waals surface area contributed by atoms with E-state index in [0.29, 0.717) is 10.8 Å². The Morgan fingerprint density at radius 1 is 0.897 bits per heavy atom. The first-order valence-corrected chi connectivity index (χ1v) is 10.9. The van der Waals surface area contributed by atoms with Crippen LogP contribution in [0.4, 0.5) is 0 Å². The van der Waals surface area contributed by atoms with Crippen LogP contribution in [0.1, 0.15) is 0 Å². The van der Waals surface area contributed by atoms with E-state index in [1.54, 1.807) is 54.6 Å². The van der Waals surface area contributed by atoms with Gasteiger partial charge in [0.25, 0.3) is 0 Å². The Morgan fingerprint density at radius 3 is 2.00 bits per heavy atom. The lowest BCUT2D eigenvalue weighted by atomic mass is 10.1. The molecule has 0 aromatic heterocycles. The molecule has 3 aromatic rings. The highest BCUT2D eigenvalue weighted by molar-refractivity contribution is 7.91. The molecule has 0 spiro atoms. The molecule has 5 nitrogen and oxygen atoms in total. The fourth-order valence-electron chi connectivity index (χ4n) is 2.76. The zero-order valence-corrected chi connectivity index (χ0v) is 16.9. The van der Waals surface area contributed by atoms with Gasteiger partial charge < -0.3 is 9.84 Å². The molecule has 0 fully saturated rings. The number of halogens is 1. The van der Waals surface area contributed by atoms with Crippen LogP contribution in [-0.2, 0) is 14.6 Å². The van der Waals surface area contributed by atoms with E-state index in [2.05, 4.69) is 0 Å². The van der Waals surface area contributed by atoms with Gasteiger partial charge in [0.05, 0.1) is 10.6 Å². The first-order valence-electron chi connectivity index (χ1n) is 8.84. The number of para-hydroxylation sites is 1. The van der Waals surface area contributed by atoms with E-state index >= 15 is 0 Å². The highest BCUT2D eigenvalue weighted by atomic mass is 35.5. The van der Waals surface area contributed by atoms with Crippen LogP contribution in [0.3, 0.4) is 0 Å². The lowest BCUT2D eigenvalue weighted by Crippen LogP contribution is -2.29. The molecule has 1 atom stereocenters. The highest BCUT2D eigenvalue weighted by Gasteiger charge is 2.27. The number of carbonyl (C=O) groups is 1. The second-order valence-electron chi connectivity index (χ2n) is 6.47. The van der Waals surface area contributed by atoms with E-state index in [9.17, 15) is 18.3 Å². The zero-order valence-electron chi connectivity index (χ0n) is 15.4. The van der Waals surface area contributed by atoms with Crippen LogP contribution >= 0.6 is 11.6 Å². The molecular weight excluding hydrogens is 412 g/mol. The van der Waals surface area contributed by atoms with Gasteiger partial charge in [-0.25, -0.2) is 8.42 Å². The third-order valence-electron chi connectivity index (χ3n) is 4.36. The standard InChI is InChI=1S/C22H19ClO5S/c23-19-10-6-16(7-11-19)17-8-12-21(13-9-17)29(26,27)15-18(22(24)25)14-28-20-4-2-1-3-5-20/h1-13,18H,14-15H2,(H,24,25). The van der Waals surface area contributed by atoms with Gasteiger partial charge in [-0.3, -0.25) is 4.79 Å². The number of carboxylic acids is 1. The molecule has 150 valence electrons. The first kappa shape index (κ1) is 20.9. The van der Waals surface area contributed by atoms with Gasteiger partial charge in [0.2, 0.25) is 0 Å². The maximum atomic E-state index is 12.7. The van der Waals surface area contributed by atoms with Gasteiger partial charge in [-0.1, -0.05) is 54.1 Å². The maximum Gasteiger partial charge on any atom is 0.311 e. The van der Waals surface area contributed by atoms with Crippen molar-refractivity contribution in [2.75, 3.05) is 12.4 Å². The fraction of sp³-hybridized carbons (Fsp3) is 0.136. The molecule has 0 radical (unpaired) electrons. The molecule has 0 saturated carbocycles. The van der Waals surface area contributed by atoms with Gasteiger partial charge in [-0.05, 0) is 47.5 Å². The molecule has 7 heteroatoms. The topological polar surface area (TPSA) is 80.7 Å². The Labute approximate surface area is 174 Å². The minimum Gasteiger partial charge on any atom is -0.493 e. The van der Waals surface area contributed by atoms with Crippen molar-refractivity contribution in [1.29, 1.82) is 0 Å². The summed E-state index contributed by atoms with van der Waals surface area (Å²) in [6, 6.07) is 22.2. The zero-order chi connectivity index (χ0) is 20.9. The average Bonchev–Trinajstić information content (AvgIpc) is 2.72. The molecule has 3 aromatic carbocycles. The van der Waals surface area contributed by atoms with Gasteiger partial charge in [-0.15, -0.1) is 0 Å². The van der Waals surface area contributed by atoms with Crippen molar-refractivity contribution in [3.8, 4) is 16.9 Å². The summed E-state index contributed by atoms with van der Waals surface area (Å²) in [7, 11) is -3.80. The van der Waals surface area contributed by atoms with Crippen LogP contribution in [0, 0.1) is 5.92 Å². The Hall–Kier alpha value is -2.83. The molecule has 0 aliphatic carbocycles. The quantitative estimate of drug-likeness (QED) is 0.566. The lowest BCUT2D eigenvalue weighted by molar-refractivity contribution is -0.141. The number of hydrogen-bond donors (Lipinski definition) is 1.